The van der Waals surface area contributed by atoms with Crippen LogP contribution in [0.2, 0.25) is 5.02 Å². The van der Waals surface area contributed by atoms with Gasteiger partial charge in [0.05, 0.1) is 29.3 Å². The van der Waals surface area contributed by atoms with Gasteiger partial charge in [-0.15, -0.1) is 0 Å². The molecule has 0 saturated heterocycles. The maximum Gasteiger partial charge on any atom is 0.253 e. The maximum atomic E-state index is 11.9. The summed E-state index contributed by atoms with van der Waals surface area (Å²) in [5, 5.41) is 21.0. The van der Waals surface area contributed by atoms with Crippen molar-refractivity contribution in [2.45, 2.75) is 12.5 Å². The lowest BCUT2D eigenvalue weighted by Crippen LogP contribution is -2.51. The Morgan fingerprint density at radius 3 is 2.53 bits per heavy atom. The summed E-state index contributed by atoms with van der Waals surface area (Å²) in [5.74, 6) is -0.437. The zero-order valence-corrected chi connectivity index (χ0v) is 11.5. The second-order valence-corrected chi connectivity index (χ2v) is 5.28. The van der Waals surface area contributed by atoms with Crippen LogP contribution in [0.3, 0.4) is 0 Å². The fourth-order valence-electron chi connectivity index (χ4n) is 1.14. The number of halogens is 2. The van der Waals surface area contributed by atoms with Gasteiger partial charge in [0, 0.05) is 4.47 Å². The third kappa shape index (κ3) is 3.67. The van der Waals surface area contributed by atoms with Gasteiger partial charge in [0.1, 0.15) is 0 Å². The van der Waals surface area contributed by atoms with Crippen LogP contribution in [0.5, 0.6) is 0 Å². The van der Waals surface area contributed by atoms with E-state index in [2.05, 4.69) is 21.2 Å². The highest BCUT2D eigenvalue weighted by Gasteiger charge is 2.25. The fraction of sp³-hybridized carbons (Fsp3) is 0.364. The largest absolute Gasteiger partial charge is 0.394 e. The molecule has 0 saturated carbocycles. The number of carbonyl (C=O) groups is 1. The van der Waals surface area contributed by atoms with Crippen molar-refractivity contribution in [1.82, 2.24) is 5.32 Å². The monoisotopic (exact) mass is 321 g/mol. The molecule has 0 fully saturated rings. The molecule has 1 aromatic carbocycles. The molecule has 0 aliphatic heterocycles. The van der Waals surface area contributed by atoms with Crippen LogP contribution in [-0.4, -0.2) is 34.9 Å². The molecule has 4 nitrogen and oxygen atoms in total. The average molecular weight is 323 g/mol. The smallest absolute Gasteiger partial charge is 0.253 e. The zero-order chi connectivity index (χ0) is 13.1. The first kappa shape index (κ1) is 14.4. The average Bonchev–Trinajstić information content (AvgIpc) is 2.28. The molecule has 3 N–H and O–H groups in total. The van der Waals surface area contributed by atoms with Crippen molar-refractivity contribution in [3.8, 4) is 0 Å². The summed E-state index contributed by atoms with van der Waals surface area (Å²) in [6.45, 7) is 0.824. The number of rotatable bonds is 4. The Morgan fingerprint density at radius 1 is 1.47 bits per heavy atom. The molecule has 0 bridgehead atoms. The third-order valence-electron chi connectivity index (χ3n) is 2.29. The minimum absolute atomic E-state index is 0.294. The Balaban J connectivity index is 2.90. The zero-order valence-electron chi connectivity index (χ0n) is 9.20. The van der Waals surface area contributed by atoms with Gasteiger partial charge in [-0.3, -0.25) is 4.79 Å². The van der Waals surface area contributed by atoms with Crippen molar-refractivity contribution >= 4 is 33.4 Å². The summed E-state index contributed by atoms with van der Waals surface area (Å²) >= 11 is 9.16. The standard InChI is InChI=1S/C11H13BrClNO3/c1-11(5-15,6-16)14-10(17)8-3-2-7(12)4-9(8)13/h2-4,15-16H,5-6H2,1H3,(H,14,17). The summed E-state index contributed by atoms with van der Waals surface area (Å²) in [7, 11) is 0. The Hall–Kier alpha value is -0.620. The lowest BCUT2D eigenvalue weighted by molar-refractivity contribution is 0.0724. The molecule has 0 spiro atoms. The number of aliphatic hydroxyl groups excluding tert-OH is 2. The Kier molecular flexibility index (Phi) is 4.94. The quantitative estimate of drug-likeness (QED) is 0.788. The fourth-order valence-corrected chi connectivity index (χ4v) is 1.90. The summed E-state index contributed by atoms with van der Waals surface area (Å²) < 4.78 is 0.770. The number of aliphatic hydroxyl groups is 2. The molecule has 17 heavy (non-hydrogen) atoms. The van der Waals surface area contributed by atoms with Crippen LogP contribution >= 0.6 is 27.5 Å². The number of benzene rings is 1. The third-order valence-corrected chi connectivity index (χ3v) is 3.09. The molecule has 0 atom stereocenters. The maximum absolute atomic E-state index is 11.9. The second-order valence-electron chi connectivity index (χ2n) is 3.96. The predicted octanol–water partition coefficient (Wildman–Crippen LogP) is 1.58. The van der Waals surface area contributed by atoms with Gasteiger partial charge in [-0.1, -0.05) is 27.5 Å². The molecule has 0 radical (unpaired) electrons. The van der Waals surface area contributed by atoms with E-state index >= 15 is 0 Å². The van der Waals surface area contributed by atoms with Gasteiger partial charge in [-0.25, -0.2) is 0 Å². The van der Waals surface area contributed by atoms with Crippen molar-refractivity contribution in [2.24, 2.45) is 0 Å². The van der Waals surface area contributed by atoms with Crippen molar-refractivity contribution < 1.29 is 15.0 Å². The normalized spacial score (nSPS) is 11.4. The molecule has 0 aliphatic rings. The molecule has 1 amide bonds. The summed E-state index contributed by atoms with van der Waals surface area (Å²) in [6, 6.07) is 4.86. The minimum Gasteiger partial charge on any atom is -0.394 e. The van der Waals surface area contributed by atoms with Crippen molar-refractivity contribution in [2.75, 3.05) is 13.2 Å². The molecule has 6 heteroatoms. The first-order chi connectivity index (χ1) is 7.91. The van der Waals surface area contributed by atoms with Gasteiger partial charge in [0.15, 0.2) is 0 Å². The summed E-state index contributed by atoms with van der Waals surface area (Å²) in [5.41, 5.74) is -0.768. The van der Waals surface area contributed by atoms with Crippen LogP contribution in [0.15, 0.2) is 22.7 Å². The number of carbonyl (C=O) groups excluding carboxylic acids is 1. The molecular weight excluding hydrogens is 309 g/mol. The highest BCUT2D eigenvalue weighted by Crippen LogP contribution is 2.21. The van der Waals surface area contributed by atoms with E-state index in [1.165, 1.54) is 6.92 Å². The Bertz CT molecular complexity index is 421. The summed E-state index contributed by atoms with van der Waals surface area (Å²) in [4.78, 5) is 11.9. The van der Waals surface area contributed by atoms with E-state index in [1.807, 2.05) is 0 Å². The number of nitrogens with one attached hydrogen (secondary N) is 1. The van der Waals surface area contributed by atoms with Gasteiger partial charge >= 0.3 is 0 Å². The van der Waals surface area contributed by atoms with E-state index in [0.717, 1.165) is 4.47 Å². The van der Waals surface area contributed by atoms with E-state index < -0.39 is 11.4 Å². The molecule has 1 aromatic rings. The predicted molar refractivity (Wildman–Crippen MR) is 69.2 cm³/mol. The summed E-state index contributed by atoms with van der Waals surface area (Å²) in [6.07, 6.45) is 0. The first-order valence-corrected chi connectivity index (χ1v) is 6.08. The van der Waals surface area contributed by atoms with Crippen LogP contribution < -0.4 is 5.32 Å². The first-order valence-electron chi connectivity index (χ1n) is 4.91. The van der Waals surface area contributed by atoms with E-state index in [4.69, 9.17) is 21.8 Å². The topological polar surface area (TPSA) is 69.6 Å². The molecular formula is C11H13BrClNO3. The van der Waals surface area contributed by atoms with Gasteiger partial charge in [-0.2, -0.15) is 0 Å². The molecule has 1 rings (SSSR count). The lowest BCUT2D eigenvalue weighted by atomic mass is 10.0. The van der Waals surface area contributed by atoms with Crippen molar-refractivity contribution in [1.29, 1.82) is 0 Å². The number of hydrogen-bond acceptors (Lipinski definition) is 3. The van der Waals surface area contributed by atoms with E-state index in [9.17, 15) is 4.79 Å². The highest BCUT2D eigenvalue weighted by molar-refractivity contribution is 9.10. The van der Waals surface area contributed by atoms with Gasteiger partial charge in [0.25, 0.3) is 5.91 Å². The molecule has 94 valence electrons. The van der Waals surface area contributed by atoms with Crippen molar-refractivity contribution in [3.05, 3.63) is 33.3 Å². The molecule has 0 aromatic heterocycles. The SMILES string of the molecule is CC(CO)(CO)NC(=O)c1ccc(Br)cc1Cl. The molecule has 0 aliphatic carbocycles. The van der Waals surface area contributed by atoms with E-state index in [1.54, 1.807) is 18.2 Å². The molecule has 0 unspecified atom stereocenters. The van der Waals surface area contributed by atoms with Crippen LogP contribution in [0.25, 0.3) is 0 Å². The highest BCUT2D eigenvalue weighted by atomic mass is 79.9. The van der Waals surface area contributed by atoms with E-state index in [0.29, 0.717) is 10.6 Å². The van der Waals surface area contributed by atoms with Crippen LogP contribution in [0.4, 0.5) is 0 Å². The van der Waals surface area contributed by atoms with Gasteiger partial charge in [0.2, 0.25) is 0 Å². The Labute approximate surface area is 113 Å². The number of amides is 1. The van der Waals surface area contributed by atoms with Crippen LogP contribution in [0.1, 0.15) is 17.3 Å². The second kappa shape index (κ2) is 5.82. The Morgan fingerprint density at radius 2 is 2.06 bits per heavy atom. The van der Waals surface area contributed by atoms with Crippen LogP contribution in [0, 0.1) is 0 Å². The molecule has 0 heterocycles. The van der Waals surface area contributed by atoms with Gasteiger partial charge in [-0.05, 0) is 25.1 Å². The van der Waals surface area contributed by atoms with Gasteiger partial charge < -0.3 is 15.5 Å². The van der Waals surface area contributed by atoms with E-state index in [-0.39, 0.29) is 13.2 Å². The lowest BCUT2D eigenvalue weighted by Gasteiger charge is -2.26. The number of hydrogen-bond donors (Lipinski definition) is 3. The minimum atomic E-state index is -1.06. The van der Waals surface area contributed by atoms with Crippen molar-refractivity contribution in [3.63, 3.8) is 0 Å². The van der Waals surface area contributed by atoms with Crippen LogP contribution in [-0.2, 0) is 0 Å².